The lowest BCUT2D eigenvalue weighted by atomic mass is 10.1. The van der Waals surface area contributed by atoms with Crippen molar-refractivity contribution in [1.29, 1.82) is 0 Å². The highest BCUT2D eigenvalue weighted by Crippen LogP contribution is 2.31. The van der Waals surface area contributed by atoms with E-state index in [9.17, 15) is 13.6 Å². The lowest BCUT2D eigenvalue weighted by molar-refractivity contribution is 0.155. The summed E-state index contributed by atoms with van der Waals surface area (Å²) in [5.74, 6) is -1.58. The van der Waals surface area contributed by atoms with Gasteiger partial charge in [0.2, 0.25) is 0 Å². The van der Waals surface area contributed by atoms with Crippen molar-refractivity contribution >= 4 is 45.0 Å². The lowest BCUT2D eigenvalue weighted by Crippen LogP contribution is -2.14. The topological polar surface area (TPSA) is 75.3 Å². The Balaban J connectivity index is 1.29. The third-order valence-electron chi connectivity index (χ3n) is 5.57. The molecule has 6 nitrogen and oxygen atoms in total. The molecule has 180 valence electrons. The third-order valence-corrected chi connectivity index (χ3v) is 5.57. The summed E-state index contributed by atoms with van der Waals surface area (Å²) in [5.41, 5.74) is 11.8. The third kappa shape index (κ3) is 5.17. The molecule has 1 amide bonds. The molecule has 0 saturated heterocycles. The van der Waals surface area contributed by atoms with Crippen LogP contribution in [0, 0.1) is 18.6 Å². The minimum atomic E-state index is -0.818. The predicted molar refractivity (Wildman–Crippen MR) is 138 cm³/mol. The Bertz CT molecular complexity index is 1570. The number of aryl methyl sites for hydroxylation is 1. The number of rotatable bonds is 6. The number of nitrogens with zero attached hydrogens (tertiary/aromatic N) is 1. The maximum Gasteiger partial charge on any atom is 0.411 e. The van der Waals surface area contributed by atoms with E-state index in [1.165, 1.54) is 0 Å². The highest BCUT2D eigenvalue weighted by molar-refractivity contribution is 6.07. The van der Waals surface area contributed by atoms with Crippen LogP contribution >= 0.6 is 0 Å². The molecule has 1 heterocycles. The highest BCUT2D eigenvalue weighted by Gasteiger charge is 2.10. The van der Waals surface area contributed by atoms with Crippen LogP contribution in [0.5, 0.6) is 0 Å². The molecule has 0 fully saturated rings. The van der Waals surface area contributed by atoms with Crippen LogP contribution in [0.2, 0.25) is 0 Å². The number of pyridine rings is 1. The average Bonchev–Trinajstić information content (AvgIpc) is 2.85. The zero-order valence-electron chi connectivity index (χ0n) is 19.3. The van der Waals surface area contributed by atoms with Gasteiger partial charge in [0.1, 0.15) is 18.2 Å². The Kier molecular flexibility index (Phi) is 6.32. The minimum Gasteiger partial charge on any atom is -0.444 e. The standard InChI is InChI=1S/C28H22F2N4O2/c1-17-9-10-26-24(11-17)27(23-7-2-3-8-25(23)32-26)34-33-21-6-4-5-18(12-21)16-36-28(35)31-22-14-19(29)13-20(30)15-22/h2-15,33H,16H2,1H3,(H,31,35)(H,32,34). The SMILES string of the molecule is Cc1ccc2nc3ccccc3c(NNc3cccc(COC(=O)Nc4cc(F)cc(F)c4)c3)c2c1. The highest BCUT2D eigenvalue weighted by atomic mass is 19.1. The smallest absolute Gasteiger partial charge is 0.411 e. The fourth-order valence-electron chi connectivity index (χ4n) is 3.94. The molecule has 0 spiro atoms. The van der Waals surface area contributed by atoms with E-state index in [4.69, 9.17) is 9.72 Å². The van der Waals surface area contributed by atoms with Crippen LogP contribution in [-0.2, 0) is 11.3 Å². The summed E-state index contributed by atoms with van der Waals surface area (Å²) in [4.78, 5) is 16.8. The van der Waals surface area contributed by atoms with Crippen LogP contribution in [0.25, 0.3) is 21.8 Å². The lowest BCUT2D eigenvalue weighted by Gasteiger charge is -2.16. The van der Waals surface area contributed by atoms with Crippen LogP contribution in [0.3, 0.4) is 0 Å². The van der Waals surface area contributed by atoms with Crippen molar-refractivity contribution in [3.8, 4) is 0 Å². The van der Waals surface area contributed by atoms with Gasteiger partial charge in [-0.15, -0.1) is 0 Å². The summed E-state index contributed by atoms with van der Waals surface area (Å²) in [6.07, 6.45) is -0.818. The van der Waals surface area contributed by atoms with E-state index in [1.807, 2.05) is 61.5 Å². The summed E-state index contributed by atoms with van der Waals surface area (Å²) in [6, 6.07) is 24.1. The molecule has 0 radical (unpaired) electrons. The molecule has 0 unspecified atom stereocenters. The van der Waals surface area contributed by atoms with Gasteiger partial charge in [-0.3, -0.25) is 10.7 Å². The number of halogens is 2. The van der Waals surface area contributed by atoms with E-state index in [0.717, 1.165) is 62.5 Å². The first-order chi connectivity index (χ1) is 17.4. The number of amides is 1. The molecule has 0 aliphatic rings. The zero-order valence-corrected chi connectivity index (χ0v) is 19.3. The first kappa shape index (κ1) is 23.0. The minimum absolute atomic E-state index is 0.0239. The molecule has 36 heavy (non-hydrogen) atoms. The van der Waals surface area contributed by atoms with Gasteiger partial charge in [0.25, 0.3) is 0 Å². The monoisotopic (exact) mass is 484 g/mol. The van der Waals surface area contributed by atoms with Crippen LogP contribution in [0.4, 0.5) is 30.6 Å². The number of fused-ring (bicyclic) bond motifs is 2. The number of hydrazine groups is 1. The molecular formula is C28H22F2N4O2. The fourth-order valence-corrected chi connectivity index (χ4v) is 3.94. The number of nitrogens with one attached hydrogen (secondary N) is 3. The number of hydrogen-bond donors (Lipinski definition) is 3. The molecule has 5 rings (SSSR count). The summed E-state index contributed by atoms with van der Waals surface area (Å²) < 4.78 is 31.8. The van der Waals surface area contributed by atoms with Crippen LogP contribution in [0.1, 0.15) is 11.1 Å². The van der Waals surface area contributed by atoms with E-state index >= 15 is 0 Å². The number of aromatic nitrogens is 1. The number of carbonyl (C=O) groups is 1. The molecule has 1 aromatic heterocycles. The van der Waals surface area contributed by atoms with Gasteiger partial charge in [-0.1, -0.05) is 42.0 Å². The second-order valence-corrected chi connectivity index (χ2v) is 8.33. The largest absolute Gasteiger partial charge is 0.444 e. The number of hydrogen-bond acceptors (Lipinski definition) is 5. The molecule has 0 aliphatic carbocycles. The van der Waals surface area contributed by atoms with Crippen molar-refractivity contribution < 1.29 is 18.3 Å². The van der Waals surface area contributed by atoms with Crippen molar-refractivity contribution in [2.45, 2.75) is 13.5 Å². The Labute approximate surface area is 205 Å². The molecule has 5 aromatic rings. The Morgan fingerprint density at radius 1 is 0.806 bits per heavy atom. The molecular weight excluding hydrogens is 462 g/mol. The molecule has 4 aromatic carbocycles. The van der Waals surface area contributed by atoms with Gasteiger partial charge in [0.05, 0.1) is 22.4 Å². The van der Waals surface area contributed by atoms with Crippen molar-refractivity contribution in [1.82, 2.24) is 4.98 Å². The van der Waals surface area contributed by atoms with Crippen LogP contribution in [-0.4, -0.2) is 11.1 Å². The van der Waals surface area contributed by atoms with E-state index in [0.29, 0.717) is 0 Å². The zero-order chi connectivity index (χ0) is 25.1. The predicted octanol–water partition coefficient (Wildman–Crippen LogP) is 7.16. The summed E-state index contributed by atoms with van der Waals surface area (Å²) in [6.45, 7) is 2.01. The quantitative estimate of drug-likeness (QED) is 0.176. The van der Waals surface area contributed by atoms with E-state index in [2.05, 4.69) is 22.2 Å². The van der Waals surface area contributed by atoms with Crippen molar-refractivity contribution in [3.63, 3.8) is 0 Å². The number of carbonyl (C=O) groups excluding carboxylic acids is 1. The molecule has 0 atom stereocenters. The van der Waals surface area contributed by atoms with Gasteiger partial charge in [-0.25, -0.2) is 18.6 Å². The molecule has 8 heteroatoms. The van der Waals surface area contributed by atoms with Gasteiger partial charge >= 0.3 is 6.09 Å². The maximum atomic E-state index is 13.3. The molecule has 0 bridgehead atoms. The molecule has 3 N–H and O–H groups in total. The Hall–Kier alpha value is -4.72. The van der Waals surface area contributed by atoms with Crippen molar-refractivity contribution in [3.05, 3.63) is 108 Å². The van der Waals surface area contributed by atoms with Crippen LogP contribution < -0.4 is 16.2 Å². The normalized spacial score (nSPS) is 10.9. The van der Waals surface area contributed by atoms with Gasteiger partial charge in [0.15, 0.2) is 0 Å². The van der Waals surface area contributed by atoms with Crippen molar-refractivity contribution in [2.24, 2.45) is 0 Å². The fraction of sp³-hybridized carbons (Fsp3) is 0.0714. The number of anilines is 3. The number of ether oxygens (including phenoxy) is 1. The summed E-state index contributed by atoms with van der Waals surface area (Å²) >= 11 is 0. The van der Waals surface area contributed by atoms with Gasteiger partial charge in [-0.2, -0.15) is 0 Å². The van der Waals surface area contributed by atoms with Gasteiger partial charge < -0.3 is 10.2 Å². The van der Waals surface area contributed by atoms with Gasteiger partial charge in [-0.05, 0) is 55.0 Å². The number of para-hydroxylation sites is 1. The first-order valence-electron chi connectivity index (χ1n) is 11.2. The Morgan fingerprint density at radius 3 is 2.42 bits per heavy atom. The first-order valence-corrected chi connectivity index (χ1v) is 11.2. The molecule has 0 saturated carbocycles. The average molecular weight is 485 g/mol. The Morgan fingerprint density at radius 2 is 1.58 bits per heavy atom. The van der Waals surface area contributed by atoms with Crippen molar-refractivity contribution in [2.75, 3.05) is 16.2 Å². The van der Waals surface area contributed by atoms with E-state index < -0.39 is 17.7 Å². The van der Waals surface area contributed by atoms with Gasteiger partial charge in [0, 0.05) is 22.5 Å². The second kappa shape index (κ2) is 9.87. The van der Waals surface area contributed by atoms with E-state index in [-0.39, 0.29) is 12.3 Å². The summed E-state index contributed by atoms with van der Waals surface area (Å²) in [5, 5.41) is 4.29. The van der Waals surface area contributed by atoms with Crippen LogP contribution in [0.15, 0.2) is 84.9 Å². The second-order valence-electron chi connectivity index (χ2n) is 8.33. The molecule has 0 aliphatic heterocycles. The van der Waals surface area contributed by atoms with E-state index in [1.54, 1.807) is 6.07 Å². The maximum absolute atomic E-state index is 13.3. The number of benzene rings is 4. The summed E-state index contributed by atoms with van der Waals surface area (Å²) in [7, 11) is 0.